The van der Waals surface area contributed by atoms with Crippen LogP contribution in [0.25, 0.3) is 0 Å². The van der Waals surface area contributed by atoms with Gasteiger partial charge in [-0.3, -0.25) is 0 Å². The summed E-state index contributed by atoms with van der Waals surface area (Å²) < 4.78 is 0. The normalized spacial score (nSPS) is 19.9. The van der Waals surface area contributed by atoms with Crippen molar-refractivity contribution in [3.63, 3.8) is 0 Å². The standard InChI is InChI=1S/C13H19ClN2O/c1-2-15-8-10-4-3-5-12(14)13(10)16-7-6-11(17)9-16/h3-5,11,15,17H,2,6-9H2,1H3. The molecule has 1 unspecified atom stereocenters. The molecule has 1 heterocycles. The molecular weight excluding hydrogens is 236 g/mol. The quantitative estimate of drug-likeness (QED) is 0.863. The van der Waals surface area contributed by atoms with Gasteiger partial charge in [-0.05, 0) is 24.6 Å². The zero-order valence-corrected chi connectivity index (χ0v) is 10.9. The molecule has 2 N–H and O–H groups in total. The molecule has 2 rings (SSSR count). The zero-order valence-electron chi connectivity index (χ0n) is 10.1. The number of anilines is 1. The highest BCUT2D eigenvalue weighted by molar-refractivity contribution is 6.33. The summed E-state index contributed by atoms with van der Waals surface area (Å²) in [7, 11) is 0. The maximum atomic E-state index is 9.62. The van der Waals surface area contributed by atoms with Crippen molar-refractivity contribution in [1.82, 2.24) is 5.32 Å². The second-order valence-corrected chi connectivity index (χ2v) is 4.82. The lowest BCUT2D eigenvalue weighted by atomic mass is 10.1. The third-order valence-electron chi connectivity index (χ3n) is 3.12. The molecule has 4 heteroatoms. The fourth-order valence-electron chi connectivity index (χ4n) is 2.26. The molecule has 0 radical (unpaired) electrons. The number of rotatable bonds is 4. The lowest BCUT2D eigenvalue weighted by molar-refractivity contribution is 0.198. The van der Waals surface area contributed by atoms with Gasteiger partial charge in [0.25, 0.3) is 0 Å². The molecular formula is C13H19ClN2O. The van der Waals surface area contributed by atoms with E-state index in [-0.39, 0.29) is 6.10 Å². The van der Waals surface area contributed by atoms with E-state index in [0.717, 1.165) is 36.8 Å². The summed E-state index contributed by atoms with van der Waals surface area (Å²) in [6.07, 6.45) is 0.601. The van der Waals surface area contributed by atoms with Crippen molar-refractivity contribution in [3.8, 4) is 0 Å². The van der Waals surface area contributed by atoms with E-state index in [1.807, 2.05) is 12.1 Å². The molecule has 94 valence electrons. The van der Waals surface area contributed by atoms with Crippen LogP contribution in [0.5, 0.6) is 0 Å². The van der Waals surface area contributed by atoms with Crippen molar-refractivity contribution < 1.29 is 5.11 Å². The average Bonchev–Trinajstić information content (AvgIpc) is 2.73. The SMILES string of the molecule is CCNCc1cccc(Cl)c1N1CCC(O)C1. The van der Waals surface area contributed by atoms with Crippen molar-refractivity contribution in [1.29, 1.82) is 0 Å². The Morgan fingerprint density at radius 2 is 2.35 bits per heavy atom. The highest BCUT2D eigenvalue weighted by Gasteiger charge is 2.23. The third kappa shape index (κ3) is 2.92. The number of para-hydroxylation sites is 1. The molecule has 1 aromatic carbocycles. The molecule has 1 fully saturated rings. The second-order valence-electron chi connectivity index (χ2n) is 4.42. The molecule has 0 saturated carbocycles. The van der Waals surface area contributed by atoms with E-state index in [4.69, 9.17) is 11.6 Å². The van der Waals surface area contributed by atoms with Crippen LogP contribution < -0.4 is 10.2 Å². The van der Waals surface area contributed by atoms with Gasteiger partial charge in [-0.2, -0.15) is 0 Å². The number of hydrogen-bond donors (Lipinski definition) is 2. The van der Waals surface area contributed by atoms with Crippen LogP contribution in [0.3, 0.4) is 0 Å². The molecule has 3 nitrogen and oxygen atoms in total. The topological polar surface area (TPSA) is 35.5 Å². The molecule has 1 aromatic rings. The van der Waals surface area contributed by atoms with Crippen molar-refractivity contribution in [2.45, 2.75) is 26.0 Å². The highest BCUT2D eigenvalue weighted by atomic mass is 35.5. The molecule has 0 amide bonds. The van der Waals surface area contributed by atoms with Crippen molar-refractivity contribution in [2.75, 3.05) is 24.5 Å². The van der Waals surface area contributed by atoms with Crippen LogP contribution >= 0.6 is 11.6 Å². The van der Waals surface area contributed by atoms with Crippen LogP contribution in [0.2, 0.25) is 5.02 Å². The van der Waals surface area contributed by atoms with Gasteiger partial charge in [-0.25, -0.2) is 0 Å². The summed E-state index contributed by atoms with van der Waals surface area (Å²) in [5.74, 6) is 0. The van der Waals surface area contributed by atoms with Gasteiger partial charge < -0.3 is 15.3 Å². The van der Waals surface area contributed by atoms with E-state index in [1.165, 1.54) is 5.56 Å². The van der Waals surface area contributed by atoms with Gasteiger partial charge in [-0.1, -0.05) is 30.7 Å². The first-order chi connectivity index (χ1) is 8.22. The summed E-state index contributed by atoms with van der Waals surface area (Å²) >= 11 is 6.29. The average molecular weight is 255 g/mol. The van der Waals surface area contributed by atoms with E-state index in [9.17, 15) is 5.11 Å². The zero-order chi connectivity index (χ0) is 12.3. The second kappa shape index (κ2) is 5.71. The van der Waals surface area contributed by atoms with E-state index < -0.39 is 0 Å². The molecule has 17 heavy (non-hydrogen) atoms. The van der Waals surface area contributed by atoms with E-state index in [2.05, 4.69) is 23.2 Å². The van der Waals surface area contributed by atoms with Gasteiger partial charge in [-0.15, -0.1) is 0 Å². The molecule has 1 aliphatic rings. The maximum Gasteiger partial charge on any atom is 0.0731 e. The predicted molar refractivity (Wildman–Crippen MR) is 71.7 cm³/mol. The summed E-state index contributed by atoms with van der Waals surface area (Å²) in [4.78, 5) is 2.18. The minimum absolute atomic E-state index is 0.224. The molecule has 1 atom stereocenters. The van der Waals surface area contributed by atoms with Crippen LogP contribution in [-0.2, 0) is 6.54 Å². The molecule has 0 spiro atoms. The summed E-state index contributed by atoms with van der Waals surface area (Å²) in [6.45, 7) is 5.41. The van der Waals surface area contributed by atoms with Gasteiger partial charge in [0, 0.05) is 19.6 Å². The number of hydrogen-bond acceptors (Lipinski definition) is 3. The van der Waals surface area contributed by atoms with Crippen molar-refractivity contribution >= 4 is 17.3 Å². The van der Waals surface area contributed by atoms with Gasteiger partial charge in [0.15, 0.2) is 0 Å². The summed E-state index contributed by atoms with van der Waals surface area (Å²) in [5.41, 5.74) is 2.28. The Kier molecular flexibility index (Phi) is 4.26. The number of aliphatic hydroxyl groups is 1. The third-order valence-corrected chi connectivity index (χ3v) is 3.42. The van der Waals surface area contributed by atoms with Crippen molar-refractivity contribution in [3.05, 3.63) is 28.8 Å². The minimum Gasteiger partial charge on any atom is -0.391 e. The molecule has 0 bridgehead atoms. The van der Waals surface area contributed by atoms with E-state index >= 15 is 0 Å². The molecule has 0 aromatic heterocycles. The Labute approximate surface area is 107 Å². The predicted octanol–water partition coefficient (Wildman–Crippen LogP) is 2.02. The smallest absolute Gasteiger partial charge is 0.0731 e. The van der Waals surface area contributed by atoms with Crippen LogP contribution in [0.15, 0.2) is 18.2 Å². The van der Waals surface area contributed by atoms with Gasteiger partial charge in [0.2, 0.25) is 0 Å². The van der Waals surface area contributed by atoms with Gasteiger partial charge in [0.05, 0.1) is 16.8 Å². The number of aliphatic hydroxyl groups excluding tert-OH is 1. The minimum atomic E-state index is -0.224. The molecule has 0 aliphatic carbocycles. The monoisotopic (exact) mass is 254 g/mol. The Balaban J connectivity index is 2.23. The van der Waals surface area contributed by atoms with E-state index in [1.54, 1.807) is 0 Å². The van der Waals surface area contributed by atoms with Crippen molar-refractivity contribution in [2.24, 2.45) is 0 Å². The number of β-amino-alcohol motifs (C(OH)–C–C–N with tert-alkyl or cyclic N) is 1. The van der Waals surface area contributed by atoms with Crippen LogP contribution in [0, 0.1) is 0 Å². The fraction of sp³-hybridized carbons (Fsp3) is 0.538. The first-order valence-corrected chi connectivity index (χ1v) is 6.51. The first-order valence-electron chi connectivity index (χ1n) is 6.13. The van der Waals surface area contributed by atoms with Crippen LogP contribution in [0.4, 0.5) is 5.69 Å². The lowest BCUT2D eigenvalue weighted by Gasteiger charge is -2.23. The first kappa shape index (κ1) is 12.7. The summed E-state index contributed by atoms with van der Waals surface area (Å²) in [6, 6.07) is 5.98. The van der Waals surface area contributed by atoms with Gasteiger partial charge in [0.1, 0.15) is 0 Å². The number of nitrogens with zero attached hydrogens (tertiary/aromatic N) is 1. The Bertz CT molecular complexity index is 384. The maximum absolute atomic E-state index is 9.62. The largest absolute Gasteiger partial charge is 0.391 e. The fourth-order valence-corrected chi connectivity index (χ4v) is 2.58. The Morgan fingerprint density at radius 1 is 1.53 bits per heavy atom. The Hall–Kier alpha value is -0.770. The Morgan fingerprint density at radius 3 is 3.00 bits per heavy atom. The molecule has 1 aliphatic heterocycles. The van der Waals surface area contributed by atoms with Crippen LogP contribution in [0.1, 0.15) is 18.9 Å². The highest BCUT2D eigenvalue weighted by Crippen LogP contribution is 2.32. The number of benzene rings is 1. The van der Waals surface area contributed by atoms with Crippen LogP contribution in [-0.4, -0.2) is 30.8 Å². The lowest BCUT2D eigenvalue weighted by Crippen LogP contribution is -2.24. The number of nitrogens with one attached hydrogen (secondary N) is 1. The number of halogens is 1. The van der Waals surface area contributed by atoms with E-state index in [0.29, 0.717) is 6.54 Å². The van der Waals surface area contributed by atoms with Gasteiger partial charge >= 0.3 is 0 Å². The molecule has 1 saturated heterocycles. The summed E-state index contributed by atoms with van der Waals surface area (Å²) in [5, 5.41) is 13.7.